The number of halogens is 3. The lowest BCUT2D eigenvalue weighted by atomic mass is 10.1. The highest BCUT2D eigenvalue weighted by Crippen LogP contribution is 2.44. The maximum atomic E-state index is 14.0. The molecule has 6 N–H and O–H groups in total. The molecule has 1 aromatic carbocycles. The van der Waals surface area contributed by atoms with Crippen LogP contribution in [-0.4, -0.2) is 29.5 Å². The predicted octanol–water partition coefficient (Wildman–Crippen LogP) is 3.07. The molecule has 1 unspecified atom stereocenters. The second-order valence-corrected chi connectivity index (χ2v) is 8.20. The van der Waals surface area contributed by atoms with E-state index in [1.165, 1.54) is 17.1 Å². The summed E-state index contributed by atoms with van der Waals surface area (Å²) in [5.74, 6) is 0.249. The van der Waals surface area contributed by atoms with E-state index in [0.717, 1.165) is 25.0 Å². The second kappa shape index (κ2) is 7.61. The molecule has 1 aliphatic carbocycles. The van der Waals surface area contributed by atoms with E-state index in [4.69, 9.17) is 34.7 Å². The number of nitrogens with two attached hydrogens (primary N) is 2. The summed E-state index contributed by atoms with van der Waals surface area (Å²) in [6, 6.07) is 1.70. The van der Waals surface area contributed by atoms with Crippen molar-refractivity contribution in [1.29, 1.82) is 0 Å². The number of anilines is 3. The van der Waals surface area contributed by atoms with E-state index in [-0.39, 0.29) is 44.5 Å². The van der Waals surface area contributed by atoms with Gasteiger partial charge in [-0.3, -0.25) is 4.79 Å². The molecule has 32 heavy (non-hydrogen) atoms. The third-order valence-electron chi connectivity index (χ3n) is 5.19. The number of benzene rings is 1. The van der Waals surface area contributed by atoms with E-state index < -0.39 is 17.4 Å². The first-order valence-electron chi connectivity index (χ1n) is 9.59. The first kappa shape index (κ1) is 20.5. The smallest absolute Gasteiger partial charge is 0.267 e. The summed E-state index contributed by atoms with van der Waals surface area (Å²) in [5, 5.41) is 3.36. The van der Waals surface area contributed by atoms with Gasteiger partial charge in [-0.05, 0) is 30.9 Å². The fourth-order valence-corrected chi connectivity index (χ4v) is 3.97. The number of nitrogens with zero attached hydrogens (tertiary/aromatic N) is 5. The molecular weight excluding hydrogens is 460 g/mol. The highest BCUT2D eigenvalue weighted by Gasteiger charge is 2.37. The number of H-pyrrole nitrogens is 1. The number of aromatic amines is 1. The monoisotopic (exact) mass is 475 g/mol. The number of fused-ring (bicyclic) bond motifs is 1. The van der Waals surface area contributed by atoms with Gasteiger partial charge in [0.1, 0.15) is 22.5 Å². The van der Waals surface area contributed by atoms with Crippen LogP contribution in [0.2, 0.25) is 10.0 Å². The fourth-order valence-electron chi connectivity index (χ4n) is 3.58. The first-order valence-corrected chi connectivity index (χ1v) is 10.3. The Morgan fingerprint density at radius 2 is 2.00 bits per heavy atom. The molecule has 0 saturated heterocycles. The van der Waals surface area contributed by atoms with Crippen molar-refractivity contribution in [3.8, 4) is 5.82 Å². The van der Waals surface area contributed by atoms with Crippen molar-refractivity contribution in [1.82, 2.24) is 29.5 Å². The summed E-state index contributed by atoms with van der Waals surface area (Å²) in [4.78, 5) is 33.1. The van der Waals surface area contributed by atoms with Crippen LogP contribution in [0.1, 0.15) is 24.7 Å². The van der Waals surface area contributed by atoms with Crippen molar-refractivity contribution in [2.75, 3.05) is 16.8 Å². The topological polar surface area (TPSA) is 153 Å². The van der Waals surface area contributed by atoms with E-state index in [2.05, 4.69) is 30.2 Å². The highest BCUT2D eigenvalue weighted by molar-refractivity contribution is 6.35. The Morgan fingerprint density at radius 3 is 2.69 bits per heavy atom. The lowest BCUT2D eigenvalue weighted by molar-refractivity contribution is 0.605. The van der Waals surface area contributed by atoms with Crippen LogP contribution in [0.3, 0.4) is 0 Å². The summed E-state index contributed by atoms with van der Waals surface area (Å²) in [6.45, 7) is 0. The zero-order valence-electron chi connectivity index (χ0n) is 16.3. The third-order valence-corrected chi connectivity index (χ3v) is 5.85. The fraction of sp³-hybridized carbons (Fsp3) is 0.211. The largest absolute Gasteiger partial charge is 0.382 e. The SMILES string of the molecule is Nc1nc(N)c(Cl)c(NC(c2nc3c(Cl)cc(F)cc3c(=O)n2-c2c[nH]cn2)C2CC2)n1. The van der Waals surface area contributed by atoms with E-state index >= 15 is 0 Å². The molecule has 13 heteroatoms. The Hall–Kier alpha value is -3.44. The van der Waals surface area contributed by atoms with Gasteiger partial charge < -0.3 is 21.8 Å². The Bertz CT molecular complexity index is 1400. The Labute approximate surface area is 189 Å². The molecule has 10 nitrogen and oxygen atoms in total. The van der Waals surface area contributed by atoms with Gasteiger partial charge in [-0.1, -0.05) is 23.2 Å². The molecule has 3 aromatic heterocycles. The van der Waals surface area contributed by atoms with Gasteiger partial charge in [0.15, 0.2) is 11.6 Å². The third kappa shape index (κ3) is 3.49. The van der Waals surface area contributed by atoms with Gasteiger partial charge in [0.25, 0.3) is 5.56 Å². The van der Waals surface area contributed by atoms with Gasteiger partial charge in [0, 0.05) is 6.20 Å². The molecule has 1 aliphatic rings. The number of nitrogens with one attached hydrogen (secondary N) is 2. The van der Waals surface area contributed by atoms with Crippen LogP contribution >= 0.6 is 23.2 Å². The molecule has 1 saturated carbocycles. The van der Waals surface area contributed by atoms with Gasteiger partial charge in [-0.2, -0.15) is 9.97 Å². The summed E-state index contributed by atoms with van der Waals surface area (Å²) in [6.07, 6.45) is 4.71. The van der Waals surface area contributed by atoms with Crippen LogP contribution in [0.25, 0.3) is 16.7 Å². The van der Waals surface area contributed by atoms with Gasteiger partial charge in [-0.25, -0.2) is 18.9 Å². The van der Waals surface area contributed by atoms with Crippen LogP contribution in [0, 0.1) is 11.7 Å². The maximum Gasteiger partial charge on any atom is 0.267 e. The molecule has 4 aromatic rings. The number of hydrogen-bond acceptors (Lipinski definition) is 8. The van der Waals surface area contributed by atoms with Crippen LogP contribution in [0.5, 0.6) is 0 Å². The van der Waals surface area contributed by atoms with Gasteiger partial charge >= 0.3 is 0 Å². The van der Waals surface area contributed by atoms with Gasteiger partial charge in [-0.15, -0.1) is 0 Å². The van der Waals surface area contributed by atoms with Gasteiger partial charge in [0.05, 0.1) is 28.3 Å². The number of hydrogen-bond donors (Lipinski definition) is 4. The number of imidazole rings is 1. The van der Waals surface area contributed by atoms with Crippen LogP contribution in [-0.2, 0) is 0 Å². The summed E-state index contributed by atoms with van der Waals surface area (Å²) >= 11 is 12.5. The maximum absolute atomic E-state index is 14.0. The van der Waals surface area contributed by atoms with Crippen LogP contribution in [0.15, 0.2) is 29.5 Å². The summed E-state index contributed by atoms with van der Waals surface area (Å²) < 4.78 is 15.3. The van der Waals surface area contributed by atoms with Crippen molar-refractivity contribution in [2.45, 2.75) is 18.9 Å². The quantitative estimate of drug-likeness (QED) is 0.343. The van der Waals surface area contributed by atoms with Crippen LogP contribution in [0.4, 0.5) is 22.0 Å². The standard InChI is InChI=1S/C19H16Cl2FN9O/c20-10-4-8(22)3-9-14(10)28-17(31(18(9)32)11-5-25-6-26-11)13(7-1-2-7)27-16-12(21)15(23)29-19(24)30-16/h3-7,13H,1-2H2,(H,25,26)(H5,23,24,27,29,30). The molecular formula is C19H16Cl2FN9O. The number of rotatable bonds is 5. The van der Waals surface area contributed by atoms with E-state index in [9.17, 15) is 9.18 Å². The average Bonchev–Trinajstić information content (AvgIpc) is 3.44. The molecule has 1 atom stereocenters. The molecule has 0 aliphatic heterocycles. The molecule has 3 heterocycles. The second-order valence-electron chi connectivity index (χ2n) is 7.41. The average molecular weight is 476 g/mol. The molecule has 0 spiro atoms. The molecule has 0 amide bonds. The minimum absolute atomic E-state index is 0.0193. The van der Waals surface area contributed by atoms with Crippen molar-refractivity contribution in [3.05, 3.63) is 56.7 Å². The molecule has 0 bridgehead atoms. The van der Waals surface area contributed by atoms with Crippen molar-refractivity contribution < 1.29 is 4.39 Å². The van der Waals surface area contributed by atoms with Crippen molar-refractivity contribution in [2.24, 2.45) is 5.92 Å². The number of aromatic nitrogens is 6. The predicted molar refractivity (Wildman–Crippen MR) is 119 cm³/mol. The van der Waals surface area contributed by atoms with E-state index in [0.29, 0.717) is 11.6 Å². The van der Waals surface area contributed by atoms with E-state index in [1.807, 2.05) is 0 Å². The highest BCUT2D eigenvalue weighted by atomic mass is 35.5. The molecule has 164 valence electrons. The molecule has 0 radical (unpaired) electrons. The lowest BCUT2D eigenvalue weighted by Gasteiger charge is -2.23. The number of nitrogen functional groups attached to an aromatic ring is 2. The Kier molecular flexibility index (Phi) is 4.86. The van der Waals surface area contributed by atoms with Crippen molar-refractivity contribution in [3.63, 3.8) is 0 Å². The normalized spacial score (nSPS) is 14.6. The van der Waals surface area contributed by atoms with Gasteiger partial charge in [0.2, 0.25) is 5.95 Å². The minimum atomic E-state index is -0.640. The first-order chi connectivity index (χ1) is 15.3. The Morgan fingerprint density at radius 1 is 1.22 bits per heavy atom. The molecule has 5 rings (SSSR count). The summed E-state index contributed by atoms with van der Waals surface area (Å²) in [7, 11) is 0. The minimum Gasteiger partial charge on any atom is -0.382 e. The lowest BCUT2D eigenvalue weighted by Crippen LogP contribution is -2.30. The molecule has 1 fully saturated rings. The van der Waals surface area contributed by atoms with Crippen molar-refractivity contribution >= 4 is 51.7 Å². The summed E-state index contributed by atoms with van der Waals surface area (Å²) in [5.41, 5.74) is 11.2. The zero-order valence-corrected chi connectivity index (χ0v) is 17.8. The zero-order chi connectivity index (χ0) is 22.6. The Balaban J connectivity index is 1.76. The van der Waals surface area contributed by atoms with E-state index in [1.54, 1.807) is 0 Å². The van der Waals surface area contributed by atoms with Crippen LogP contribution < -0.4 is 22.3 Å².